The minimum absolute atomic E-state index is 0.199. The van der Waals surface area contributed by atoms with Crippen LogP contribution in [0.3, 0.4) is 0 Å². The van der Waals surface area contributed by atoms with Gasteiger partial charge in [0, 0.05) is 6.54 Å². The first-order valence-corrected chi connectivity index (χ1v) is 3.19. The van der Waals surface area contributed by atoms with Gasteiger partial charge in [0.15, 0.2) is 0 Å². The largest absolute Gasteiger partial charge is 0.477 e. The third kappa shape index (κ3) is 3.19. The van der Waals surface area contributed by atoms with Crippen LogP contribution in [0.1, 0.15) is 13.3 Å². The first-order valence-electron chi connectivity index (χ1n) is 3.19. The Morgan fingerprint density at radius 3 is 2.60 bits per heavy atom. The number of aliphatic imine (C=N–C) groups is 1. The molecule has 0 rings (SSSR count). The van der Waals surface area contributed by atoms with Gasteiger partial charge in [0.2, 0.25) is 0 Å². The molecule has 0 aromatic rings. The van der Waals surface area contributed by atoms with Crippen LogP contribution >= 0.6 is 0 Å². The molecule has 4 heteroatoms. The Morgan fingerprint density at radius 2 is 2.30 bits per heavy atom. The van der Waals surface area contributed by atoms with Crippen molar-refractivity contribution in [1.29, 1.82) is 0 Å². The minimum Gasteiger partial charge on any atom is -0.477 e. The highest BCUT2D eigenvalue weighted by Crippen LogP contribution is 1.85. The van der Waals surface area contributed by atoms with Crippen LogP contribution in [0.2, 0.25) is 0 Å². The molecule has 0 atom stereocenters. The first-order chi connectivity index (χ1) is 4.72. The Kier molecular flexibility index (Phi) is 4.49. The molecule has 0 saturated carbocycles. The summed E-state index contributed by atoms with van der Waals surface area (Å²) in [5.41, 5.74) is 5.33. The molecule has 58 valence electrons. The molecule has 0 heterocycles. The summed E-state index contributed by atoms with van der Waals surface area (Å²) in [6.45, 7) is 2.55. The van der Waals surface area contributed by atoms with Crippen LogP contribution in [-0.2, 0) is 4.79 Å². The maximum Gasteiger partial charge on any atom is 0.349 e. The molecule has 0 saturated heterocycles. The van der Waals surface area contributed by atoms with E-state index in [4.69, 9.17) is 10.8 Å². The van der Waals surface area contributed by atoms with Crippen molar-refractivity contribution < 1.29 is 9.90 Å². The predicted molar refractivity (Wildman–Crippen MR) is 39.3 cm³/mol. The van der Waals surface area contributed by atoms with E-state index in [1.54, 1.807) is 6.92 Å². The van der Waals surface area contributed by atoms with Gasteiger partial charge < -0.3 is 10.8 Å². The van der Waals surface area contributed by atoms with Gasteiger partial charge in [-0.25, -0.2) is 4.79 Å². The van der Waals surface area contributed by atoms with Gasteiger partial charge in [-0.2, -0.15) is 0 Å². The molecular formula is C6H12N2O2. The summed E-state index contributed by atoms with van der Waals surface area (Å²) in [6.07, 6.45) is 0.454. The molecule has 0 aliphatic rings. The third-order valence-electron chi connectivity index (χ3n) is 1.01. The predicted octanol–water partition coefficient (Wildman–Crippen LogP) is -0.119. The maximum atomic E-state index is 10.3. The normalized spacial score (nSPS) is 11.6. The van der Waals surface area contributed by atoms with Gasteiger partial charge in [-0.1, -0.05) is 6.92 Å². The number of hydrogen-bond donors (Lipinski definition) is 2. The summed E-state index contributed by atoms with van der Waals surface area (Å²) in [6, 6.07) is 0. The number of carboxylic acid groups (broad SMARTS) is 1. The molecule has 0 spiro atoms. The molecule has 0 bridgehead atoms. The van der Waals surface area contributed by atoms with Crippen molar-refractivity contribution in [1.82, 2.24) is 0 Å². The number of rotatable bonds is 4. The highest BCUT2D eigenvalue weighted by Gasteiger charge is 2.03. The Hall–Kier alpha value is -0.900. The zero-order valence-corrected chi connectivity index (χ0v) is 6.00. The van der Waals surface area contributed by atoms with Crippen molar-refractivity contribution in [2.75, 3.05) is 13.1 Å². The fourth-order valence-electron chi connectivity index (χ4n) is 0.530. The highest BCUT2D eigenvalue weighted by molar-refractivity contribution is 6.35. The molecule has 0 radical (unpaired) electrons. The molecular weight excluding hydrogens is 132 g/mol. The fraction of sp³-hybridized carbons (Fsp3) is 0.667. The third-order valence-corrected chi connectivity index (χ3v) is 1.01. The van der Waals surface area contributed by atoms with Crippen LogP contribution in [-0.4, -0.2) is 29.9 Å². The lowest BCUT2D eigenvalue weighted by molar-refractivity contribution is -0.129. The van der Waals surface area contributed by atoms with E-state index in [2.05, 4.69) is 4.99 Å². The summed E-state index contributed by atoms with van der Waals surface area (Å²) >= 11 is 0. The van der Waals surface area contributed by atoms with Crippen LogP contribution in [0.5, 0.6) is 0 Å². The van der Waals surface area contributed by atoms with Gasteiger partial charge in [0.05, 0.1) is 6.54 Å². The van der Waals surface area contributed by atoms with Crippen LogP contribution < -0.4 is 5.73 Å². The number of hydrogen-bond acceptors (Lipinski definition) is 3. The Morgan fingerprint density at radius 1 is 1.70 bits per heavy atom. The average Bonchev–Trinajstić information content (AvgIpc) is 1.89. The van der Waals surface area contributed by atoms with Gasteiger partial charge in [0.1, 0.15) is 5.71 Å². The quantitative estimate of drug-likeness (QED) is 0.540. The average molecular weight is 144 g/mol. The SMILES string of the molecule is CCC(=NCCN)C(=O)O. The van der Waals surface area contributed by atoms with Crippen molar-refractivity contribution >= 4 is 11.7 Å². The lowest BCUT2D eigenvalue weighted by Gasteiger charge is -1.94. The van der Waals surface area contributed by atoms with Gasteiger partial charge in [-0.15, -0.1) is 0 Å². The summed E-state index contributed by atoms with van der Waals surface area (Å²) < 4.78 is 0. The smallest absolute Gasteiger partial charge is 0.349 e. The molecule has 0 aliphatic carbocycles. The molecule has 0 amide bonds. The van der Waals surface area contributed by atoms with E-state index in [9.17, 15) is 4.79 Å². The summed E-state index contributed by atoms with van der Waals surface area (Å²) in [4.78, 5) is 14.0. The zero-order chi connectivity index (χ0) is 7.98. The highest BCUT2D eigenvalue weighted by atomic mass is 16.4. The number of nitrogens with zero attached hydrogens (tertiary/aromatic N) is 1. The van der Waals surface area contributed by atoms with Gasteiger partial charge in [0.25, 0.3) is 0 Å². The fourth-order valence-corrected chi connectivity index (χ4v) is 0.530. The Balaban J connectivity index is 3.91. The number of carbonyl (C=O) groups is 1. The Bertz CT molecular complexity index is 143. The van der Waals surface area contributed by atoms with E-state index < -0.39 is 5.97 Å². The van der Waals surface area contributed by atoms with Crippen molar-refractivity contribution in [3.05, 3.63) is 0 Å². The first kappa shape index (κ1) is 9.10. The second kappa shape index (κ2) is 4.93. The summed E-state index contributed by atoms with van der Waals surface area (Å²) in [5.74, 6) is -0.948. The molecule has 0 aromatic carbocycles. The topological polar surface area (TPSA) is 75.7 Å². The minimum atomic E-state index is -0.948. The van der Waals surface area contributed by atoms with E-state index >= 15 is 0 Å². The van der Waals surface area contributed by atoms with Crippen LogP contribution in [0.15, 0.2) is 4.99 Å². The van der Waals surface area contributed by atoms with Gasteiger partial charge in [-0.05, 0) is 6.42 Å². The van der Waals surface area contributed by atoms with E-state index in [-0.39, 0.29) is 5.71 Å². The second-order valence-corrected chi connectivity index (χ2v) is 1.78. The molecule has 0 unspecified atom stereocenters. The van der Waals surface area contributed by atoms with E-state index in [0.717, 1.165) is 0 Å². The maximum absolute atomic E-state index is 10.3. The van der Waals surface area contributed by atoms with Crippen molar-refractivity contribution in [3.63, 3.8) is 0 Å². The molecule has 0 aromatic heterocycles. The van der Waals surface area contributed by atoms with Crippen LogP contribution in [0.25, 0.3) is 0 Å². The van der Waals surface area contributed by atoms with Crippen molar-refractivity contribution in [3.8, 4) is 0 Å². The standard InChI is InChI=1S/C6H12N2O2/c1-2-5(6(9)10)8-4-3-7/h2-4,7H2,1H3,(H,9,10). The Labute approximate surface area is 59.8 Å². The monoisotopic (exact) mass is 144 g/mol. The van der Waals surface area contributed by atoms with Crippen LogP contribution in [0, 0.1) is 0 Å². The van der Waals surface area contributed by atoms with Crippen LogP contribution in [0.4, 0.5) is 0 Å². The van der Waals surface area contributed by atoms with Gasteiger partial charge >= 0.3 is 5.97 Å². The van der Waals surface area contributed by atoms with E-state index in [1.807, 2.05) is 0 Å². The lowest BCUT2D eigenvalue weighted by Crippen LogP contribution is -2.14. The lowest BCUT2D eigenvalue weighted by atomic mass is 10.3. The molecule has 0 fully saturated rings. The number of nitrogens with two attached hydrogens (primary N) is 1. The van der Waals surface area contributed by atoms with Crippen molar-refractivity contribution in [2.24, 2.45) is 10.7 Å². The molecule has 4 nitrogen and oxygen atoms in total. The van der Waals surface area contributed by atoms with Gasteiger partial charge in [-0.3, -0.25) is 4.99 Å². The molecule has 0 aliphatic heterocycles. The van der Waals surface area contributed by atoms with E-state index in [0.29, 0.717) is 19.5 Å². The number of carboxylic acids is 1. The summed E-state index contributed by atoms with van der Waals surface area (Å²) in [7, 11) is 0. The van der Waals surface area contributed by atoms with E-state index in [1.165, 1.54) is 0 Å². The molecule has 3 N–H and O–H groups in total. The number of aliphatic carboxylic acids is 1. The molecule has 10 heavy (non-hydrogen) atoms. The second-order valence-electron chi connectivity index (χ2n) is 1.78. The van der Waals surface area contributed by atoms with Crippen molar-refractivity contribution in [2.45, 2.75) is 13.3 Å². The zero-order valence-electron chi connectivity index (χ0n) is 6.00. The summed E-state index contributed by atoms with van der Waals surface area (Å²) in [5, 5.41) is 8.43.